The highest BCUT2D eigenvalue weighted by molar-refractivity contribution is 5.96. The molecular weight excluding hydrogens is 200 g/mol. The lowest BCUT2D eigenvalue weighted by molar-refractivity contribution is -0.00440. The minimum Gasteiger partial charge on any atom is -0.375 e. The molecule has 0 amide bonds. The Balaban J connectivity index is 2.08. The molecule has 2 nitrogen and oxygen atoms in total. The summed E-state index contributed by atoms with van der Waals surface area (Å²) in [4.78, 5) is 12.1. The molecule has 86 valence electrons. The van der Waals surface area contributed by atoms with Crippen molar-refractivity contribution in [3.05, 3.63) is 35.9 Å². The summed E-state index contributed by atoms with van der Waals surface area (Å²) in [7, 11) is 0. The van der Waals surface area contributed by atoms with Crippen LogP contribution in [0.3, 0.4) is 0 Å². The third kappa shape index (κ3) is 2.17. The molecular formula is C14H18O2. The fraction of sp³-hybridized carbons (Fsp3) is 0.500. The third-order valence-corrected chi connectivity index (χ3v) is 3.63. The first kappa shape index (κ1) is 11.3. The van der Waals surface area contributed by atoms with Crippen molar-refractivity contribution in [2.24, 2.45) is 5.92 Å². The Morgan fingerprint density at radius 3 is 2.69 bits per heavy atom. The van der Waals surface area contributed by atoms with Crippen LogP contribution < -0.4 is 0 Å². The summed E-state index contributed by atoms with van der Waals surface area (Å²) >= 11 is 0. The van der Waals surface area contributed by atoms with Crippen LogP contribution in [-0.4, -0.2) is 18.0 Å². The van der Waals surface area contributed by atoms with E-state index in [1.54, 1.807) is 0 Å². The zero-order valence-corrected chi connectivity index (χ0v) is 9.90. The van der Waals surface area contributed by atoms with Gasteiger partial charge in [0.25, 0.3) is 0 Å². The minimum absolute atomic E-state index is 0.178. The average Bonchev–Trinajstić information content (AvgIpc) is 2.60. The van der Waals surface area contributed by atoms with Crippen LogP contribution in [0.25, 0.3) is 0 Å². The highest BCUT2D eigenvalue weighted by Crippen LogP contribution is 2.35. The van der Waals surface area contributed by atoms with Crippen molar-refractivity contribution >= 4 is 5.78 Å². The van der Waals surface area contributed by atoms with Gasteiger partial charge in [0.1, 0.15) is 0 Å². The van der Waals surface area contributed by atoms with Crippen molar-refractivity contribution in [3.63, 3.8) is 0 Å². The maximum atomic E-state index is 12.1. The summed E-state index contributed by atoms with van der Waals surface area (Å²) in [6, 6.07) is 9.45. The Morgan fingerprint density at radius 1 is 1.44 bits per heavy atom. The van der Waals surface area contributed by atoms with Crippen LogP contribution in [-0.2, 0) is 4.74 Å². The first-order chi connectivity index (χ1) is 7.62. The maximum Gasteiger partial charge on any atom is 0.165 e. The summed E-state index contributed by atoms with van der Waals surface area (Å²) in [6.07, 6.45) is 1.54. The van der Waals surface area contributed by atoms with Crippen LogP contribution in [0.5, 0.6) is 0 Å². The summed E-state index contributed by atoms with van der Waals surface area (Å²) in [5.41, 5.74) is 0.513. The fourth-order valence-corrected chi connectivity index (χ4v) is 2.19. The van der Waals surface area contributed by atoms with E-state index in [9.17, 15) is 4.79 Å². The zero-order valence-electron chi connectivity index (χ0n) is 9.90. The van der Waals surface area contributed by atoms with Gasteiger partial charge in [-0.1, -0.05) is 37.3 Å². The second-order valence-corrected chi connectivity index (χ2v) is 4.82. The van der Waals surface area contributed by atoms with Crippen molar-refractivity contribution in [1.29, 1.82) is 0 Å². The van der Waals surface area contributed by atoms with Crippen molar-refractivity contribution < 1.29 is 9.53 Å². The first-order valence-electron chi connectivity index (χ1n) is 5.84. The Morgan fingerprint density at radius 2 is 2.12 bits per heavy atom. The van der Waals surface area contributed by atoms with Crippen LogP contribution in [0.2, 0.25) is 0 Å². The van der Waals surface area contributed by atoms with Gasteiger partial charge in [-0.25, -0.2) is 0 Å². The smallest absolute Gasteiger partial charge is 0.165 e. The van der Waals surface area contributed by atoms with Gasteiger partial charge < -0.3 is 4.74 Å². The second kappa shape index (κ2) is 4.38. The summed E-state index contributed by atoms with van der Waals surface area (Å²) in [5.74, 6) is 0.636. The van der Waals surface area contributed by atoms with Crippen molar-refractivity contribution in [2.75, 3.05) is 6.61 Å². The van der Waals surface area contributed by atoms with Crippen LogP contribution >= 0.6 is 0 Å². The Kier molecular flexibility index (Phi) is 3.10. The topological polar surface area (TPSA) is 26.3 Å². The monoisotopic (exact) mass is 218 g/mol. The van der Waals surface area contributed by atoms with Gasteiger partial charge in [0, 0.05) is 18.6 Å². The van der Waals surface area contributed by atoms with Gasteiger partial charge in [-0.2, -0.15) is 0 Å². The van der Waals surface area contributed by atoms with Crippen LogP contribution in [0, 0.1) is 5.92 Å². The molecule has 0 spiro atoms. The quantitative estimate of drug-likeness (QED) is 0.729. The summed E-state index contributed by atoms with van der Waals surface area (Å²) in [5, 5.41) is 0. The number of benzene rings is 1. The van der Waals surface area contributed by atoms with Crippen molar-refractivity contribution in [1.82, 2.24) is 0 Å². The lowest BCUT2D eigenvalue weighted by Crippen LogP contribution is -2.33. The van der Waals surface area contributed by atoms with Crippen LogP contribution in [0.15, 0.2) is 30.3 Å². The van der Waals surface area contributed by atoms with E-state index >= 15 is 0 Å². The van der Waals surface area contributed by atoms with E-state index < -0.39 is 0 Å². The molecule has 1 heterocycles. The lowest BCUT2D eigenvalue weighted by Gasteiger charge is -2.27. The van der Waals surface area contributed by atoms with Gasteiger partial charge in [0.15, 0.2) is 5.78 Å². The van der Waals surface area contributed by atoms with Gasteiger partial charge in [0.2, 0.25) is 0 Å². The lowest BCUT2D eigenvalue weighted by atomic mass is 9.85. The highest BCUT2D eigenvalue weighted by Gasteiger charge is 2.38. The molecule has 0 aromatic heterocycles. The summed E-state index contributed by atoms with van der Waals surface area (Å²) in [6.45, 7) is 4.98. The maximum absolute atomic E-state index is 12.1. The number of carbonyl (C=O) groups excluding carboxylic acids is 1. The molecule has 0 aliphatic carbocycles. The zero-order chi connectivity index (χ0) is 11.6. The Bertz CT molecular complexity index is 372. The predicted molar refractivity (Wildman–Crippen MR) is 63.5 cm³/mol. The van der Waals surface area contributed by atoms with Gasteiger partial charge in [-0.3, -0.25) is 4.79 Å². The molecule has 1 saturated heterocycles. The highest BCUT2D eigenvalue weighted by atomic mass is 16.5. The van der Waals surface area contributed by atoms with Gasteiger partial charge >= 0.3 is 0 Å². The van der Waals surface area contributed by atoms with Crippen molar-refractivity contribution in [3.8, 4) is 0 Å². The molecule has 1 aliphatic rings. The normalized spacial score (nSPS) is 29.2. The Labute approximate surface area is 96.6 Å². The molecule has 0 saturated carbocycles. The molecule has 16 heavy (non-hydrogen) atoms. The minimum atomic E-state index is -0.271. The molecule has 2 unspecified atom stereocenters. The fourth-order valence-electron chi connectivity index (χ4n) is 2.19. The number of hydrogen-bond acceptors (Lipinski definition) is 2. The molecule has 1 aliphatic heterocycles. The second-order valence-electron chi connectivity index (χ2n) is 4.82. The molecule has 1 aromatic carbocycles. The number of rotatable bonds is 3. The SMILES string of the molecule is CC1CCOC1(C)CC(=O)c1ccccc1. The van der Waals surface area contributed by atoms with Gasteiger partial charge in [0.05, 0.1) is 5.60 Å². The van der Waals surface area contributed by atoms with E-state index in [1.807, 2.05) is 37.3 Å². The summed E-state index contributed by atoms with van der Waals surface area (Å²) < 4.78 is 5.72. The number of carbonyl (C=O) groups is 1. The number of Topliss-reactive ketones (excluding diaryl/α,β-unsaturated/α-hetero) is 1. The van der Waals surface area contributed by atoms with E-state index in [4.69, 9.17) is 4.74 Å². The molecule has 1 fully saturated rings. The molecule has 0 radical (unpaired) electrons. The molecule has 2 rings (SSSR count). The number of hydrogen-bond donors (Lipinski definition) is 0. The van der Waals surface area contributed by atoms with Gasteiger partial charge in [-0.15, -0.1) is 0 Å². The van der Waals surface area contributed by atoms with E-state index in [1.165, 1.54) is 0 Å². The van der Waals surface area contributed by atoms with Crippen molar-refractivity contribution in [2.45, 2.75) is 32.3 Å². The average molecular weight is 218 g/mol. The molecule has 1 aromatic rings. The van der Waals surface area contributed by atoms with E-state index in [0.29, 0.717) is 12.3 Å². The number of ketones is 1. The molecule has 2 atom stereocenters. The predicted octanol–water partition coefficient (Wildman–Crippen LogP) is 3.07. The van der Waals surface area contributed by atoms with E-state index in [0.717, 1.165) is 18.6 Å². The van der Waals surface area contributed by atoms with Crippen LogP contribution in [0.4, 0.5) is 0 Å². The largest absolute Gasteiger partial charge is 0.375 e. The van der Waals surface area contributed by atoms with Gasteiger partial charge in [-0.05, 0) is 19.3 Å². The molecule has 0 bridgehead atoms. The Hall–Kier alpha value is -1.15. The van der Waals surface area contributed by atoms with E-state index in [-0.39, 0.29) is 11.4 Å². The van der Waals surface area contributed by atoms with Crippen LogP contribution in [0.1, 0.15) is 37.0 Å². The first-order valence-corrected chi connectivity index (χ1v) is 5.84. The van der Waals surface area contributed by atoms with E-state index in [2.05, 4.69) is 6.92 Å². The number of ether oxygens (including phenoxy) is 1. The molecule has 0 N–H and O–H groups in total. The standard InChI is InChI=1S/C14H18O2/c1-11-8-9-16-14(11,2)10-13(15)12-6-4-3-5-7-12/h3-7,11H,8-10H2,1-2H3. The third-order valence-electron chi connectivity index (χ3n) is 3.63. The molecule has 2 heteroatoms.